The van der Waals surface area contributed by atoms with Crippen LogP contribution >= 0.6 is 0 Å². The van der Waals surface area contributed by atoms with Crippen molar-refractivity contribution in [2.45, 2.75) is 36.6 Å². The number of hydrogen-bond acceptors (Lipinski definition) is 4. The number of nitrogens with zero attached hydrogens (tertiary/aromatic N) is 1. The monoisotopic (exact) mass is 363 g/mol. The molecule has 134 valence electrons. The number of carbonyl (C=O) groups excluding carboxylic acids is 2. The Morgan fingerprint density at radius 1 is 1.28 bits per heavy atom. The molecule has 2 N–H and O–H groups in total. The molecule has 0 saturated carbocycles. The van der Waals surface area contributed by atoms with Crippen LogP contribution in [0.1, 0.15) is 24.8 Å². The largest absolute Gasteiger partial charge is 0.350 e. The molecule has 1 fully saturated rings. The van der Waals surface area contributed by atoms with Crippen molar-refractivity contribution in [3.63, 3.8) is 0 Å². The van der Waals surface area contributed by atoms with E-state index in [1.807, 2.05) is 0 Å². The quantitative estimate of drug-likeness (QED) is 0.781. The number of rotatable bonds is 4. The Labute approximate surface area is 147 Å². The van der Waals surface area contributed by atoms with Crippen molar-refractivity contribution in [3.05, 3.63) is 36.4 Å². The van der Waals surface area contributed by atoms with Crippen LogP contribution in [0, 0.1) is 0 Å². The summed E-state index contributed by atoms with van der Waals surface area (Å²) < 4.78 is 27.2. The molecular formula is C17H21N3O4S. The minimum atomic E-state index is -3.58. The first-order chi connectivity index (χ1) is 11.9. The number of piperidine rings is 1. The van der Waals surface area contributed by atoms with Gasteiger partial charge in [-0.15, -0.1) is 0 Å². The van der Waals surface area contributed by atoms with Crippen molar-refractivity contribution in [1.82, 2.24) is 9.62 Å². The fourth-order valence-electron chi connectivity index (χ4n) is 3.17. The smallest absolute Gasteiger partial charge is 0.243 e. The van der Waals surface area contributed by atoms with Gasteiger partial charge in [-0.3, -0.25) is 9.59 Å². The lowest BCUT2D eigenvalue weighted by Gasteiger charge is -2.31. The topological polar surface area (TPSA) is 95.6 Å². The molecule has 2 aliphatic rings. The Balaban J connectivity index is 1.71. The number of nitrogens with one attached hydrogen (secondary N) is 2. The van der Waals surface area contributed by atoms with E-state index >= 15 is 0 Å². The maximum absolute atomic E-state index is 12.9. The fraction of sp³-hybridized carbons (Fsp3) is 0.412. The van der Waals surface area contributed by atoms with Crippen LogP contribution in [0.3, 0.4) is 0 Å². The number of hydrogen-bond donors (Lipinski definition) is 2. The van der Waals surface area contributed by atoms with Gasteiger partial charge < -0.3 is 10.6 Å². The highest BCUT2D eigenvalue weighted by Crippen LogP contribution is 2.28. The minimum absolute atomic E-state index is 0.0318. The summed E-state index contributed by atoms with van der Waals surface area (Å²) in [7, 11) is -3.58. The lowest BCUT2D eigenvalue weighted by atomic mass is 10.0. The van der Waals surface area contributed by atoms with Crippen LogP contribution in [-0.4, -0.2) is 43.7 Å². The van der Waals surface area contributed by atoms with Crippen molar-refractivity contribution < 1.29 is 18.0 Å². The number of anilines is 1. The molecule has 3 rings (SSSR count). The Bertz CT molecular complexity index is 811. The third-order valence-electron chi connectivity index (χ3n) is 4.60. The van der Waals surface area contributed by atoms with E-state index in [1.54, 1.807) is 12.1 Å². The van der Waals surface area contributed by atoms with Gasteiger partial charge in [0, 0.05) is 31.2 Å². The van der Waals surface area contributed by atoms with E-state index in [2.05, 4.69) is 17.2 Å². The van der Waals surface area contributed by atoms with Gasteiger partial charge in [0.05, 0.1) is 4.90 Å². The summed E-state index contributed by atoms with van der Waals surface area (Å²) in [4.78, 5) is 23.0. The van der Waals surface area contributed by atoms with Gasteiger partial charge in [0.25, 0.3) is 0 Å². The highest BCUT2D eigenvalue weighted by atomic mass is 32.2. The van der Waals surface area contributed by atoms with Crippen LogP contribution in [0.2, 0.25) is 0 Å². The minimum Gasteiger partial charge on any atom is -0.350 e. The molecule has 0 atom stereocenters. The van der Waals surface area contributed by atoms with Crippen LogP contribution in [-0.2, 0) is 26.0 Å². The molecule has 1 aromatic rings. The third kappa shape index (κ3) is 3.74. The van der Waals surface area contributed by atoms with Gasteiger partial charge in [0.2, 0.25) is 21.8 Å². The molecule has 0 radical (unpaired) electrons. The number of amides is 2. The first-order valence-electron chi connectivity index (χ1n) is 8.26. The average molecular weight is 363 g/mol. The fourth-order valence-corrected chi connectivity index (χ4v) is 4.69. The molecule has 0 spiro atoms. The second kappa shape index (κ2) is 6.97. The van der Waals surface area contributed by atoms with Gasteiger partial charge in [-0.25, -0.2) is 8.42 Å². The maximum atomic E-state index is 12.9. The van der Waals surface area contributed by atoms with Crippen LogP contribution < -0.4 is 10.6 Å². The Kier molecular flexibility index (Phi) is 4.91. The highest BCUT2D eigenvalue weighted by molar-refractivity contribution is 7.89. The van der Waals surface area contributed by atoms with Crippen molar-refractivity contribution in [2.24, 2.45) is 0 Å². The maximum Gasteiger partial charge on any atom is 0.243 e. The standard InChI is InChI=1S/C17H21N3O4S/c1-2-16(21)18-13-7-9-20(10-8-13)25(23,24)14-4-5-15-12(11-14)3-6-17(22)19-15/h2,4-5,11,13H,1,3,6-10H2,(H,18,21)(H,19,22). The summed E-state index contributed by atoms with van der Waals surface area (Å²) >= 11 is 0. The third-order valence-corrected chi connectivity index (χ3v) is 6.49. The molecule has 0 bridgehead atoms. The van der Waals surface area contributed by atoms with Crippen molar-refractivity contribution in [2.75, 3.05) is 18.4 Å². The summed E-state index contributed by atoms with van der Waals surface area (Å²) in [6, 6.07) is 4.80. The zero-order valence-corrected chi connectivity index (χ0v) is 14.6. The number of sulfonamides is 1. The van der Waals surface area contributed by atoms with E-state index in [9.17, 15) is 18.0 Å². The molecule has 1 aromatic carbocycles. The molecule has 8 heteroatoms. The number of benzene rings is 1. The highest BCUT2D eigenvalue weighted by Gasteiger charge is 2.30. The molecule has 2 amide bonds. The molecule has 0 unspecified atom stereocenters. The SMILES string of the molecule is C=CC(=O)NC1CCN(S(=O)(=O)c2ccc3c(c2)CCC(=O)N3)CC1. The second-order valence-electron chi connectivity index (χ2n) is 6.26. The summed E-state index contributed by atoms with van der Waals surface area (Å²) in [5.41, 5.74) is 1.52. The predicted octanol–water partition coefficient (Wildman–Crippen LogP) is 1.03. The second-order valence-corrected chi connectivity index (χ2v) is 8.20. The van der Waals surface area contributed by atoms with Gasteiger partial charge >= 0.3 is 0 Å². The Hall–Kier alpha value is -2.19. The zero-order valence-electron chi connectivity index (χ0n) is 13.8. The van der Waals surface area contributed by atoms with Gasteiger partial charge in [-0.05, 0) is 49.1 Å². The van der Waals surface area contributed by atoms with E-state index in [0.717, 1.165) is 5.56 Å². The first-order valence-corrected chi connectivity index (χ1v) is 9.70. The van der Waals surface area contributed by atoms with Crippen LogP contribution in [0.25, 0.3) is 0 Å². The molecule has 2 heterocycles. The molecule has 7 nitrogen and oxygen atoms in total. The molecule has 2 aliphatic heterocycles. The lowest BCUT2D eigenvalue weighted by molar-refractivity contribution is -0.117. The Morgan fingerprint density at radius 3 is 2.68 bits per heavy atom. The Morgan fingerprint density at radius 2 is 2.00 bits per heavy atom. The number of carbonyl (C=O) groups is 2. The number of aryl methyl sites for hydroxylation is 1. The van der Waals surface area contributed by atoms with E-state index in [-0.39, 0.29) is 22.8 Å². The molecule has 0 aromatic heterocycles. The van der Waals surface area contributed by atoms with E-state index in [4.69, 9.17) is 0 Å². The van der Waals surface area contributed by atoms with Crippen LogP contribution in [0.15, 0.2) is 35.7 Å². The molecular weight excluding hydrogens is 342 g/mol. The molecule has 25 heavy (non-hydrogen) atoms. The van der Waals surface area contributed by atoms with Crippen molar-refractivity contribution >= 4 is 27.5 Å². The van der Waals surface area contributed by atoms with E-state index in [0.29, 0.717) is 44.5 Å². The summed E-state index contributed by atoms with van der Waals surface area (Å²) in [5.74, 6) is -0.287. The summed E-state index contributed by atoms with van der Waals surface area (Å²) in [6.07, 6.45) is 3.26. The van der Waals surface area contributed by atoms with Gasteiger partial charge in [-0.2, -0.15) is 4.31 Å². The summed E-state index contributed by atoms with van der Waals surface area (Å²) in [6.45, 7) is 4.13. The van der Waals surface area contributed by atoms with Crippen LogP contribution in [0.4, 0.5) is 5.69 Å². The normalized spacial score (nSPS) is 19.0. The average Bonchev–Trinajstić information content (AvgIpc) is 2.61. The number of fused-ring (bicyclic) bond motifs is 1. The first kappa shape index (κ1) is 17.6. The van der Waals surface area contributed by atoms with Gasteiger partial charge in [0.1, 0.15) is 0 Å². The van der Waals surface area contributed by atoms with Crippen molar-refractivity contribution in [1.29, 1.82) is 0 Å². The lowest BCUT2D eigenvalue weighted by Crippen LogP contribution is -2.46. The molecule has 1 saturated heterocycles. The predicted molar refractivity (Wildman–Crippen MR) is 93.5 cm³/mol. The molecule has 0 aliphatic carbocycles. The zero-order chi connectivity index (χ0) is 18.0. The van der Waals surface area contributed by atoms with Crippen LogP contribution in [0.5, 0.6) is 0 Å². The van der Waals surface area contributed by atoms with Gasteiger partial charge in [-0.1, -0.05) is 6.58 Å². The van der Waals surface area contributed by atoms with Gasteiger partial charge in [0.15, 0.2) is 0 Å². The van der Waals surface area contributed by atoms with E-state index in [1.165, 1.54) is 16.4 Å². The van der Waals surface area contributed by atoms with Crippen molar-refractivity contribution in [3.8, 4) is 0 Å². The van der Waals surface area contributed by atoms with E-state index < -0.39 is 10.0 Å². The summed E-state index contributed by atoms with van der Waals surface area (Å²) in [5, 5.41) is 5.56.